The van der Waals surface area contributed by atoms with Crippen molar-refractivity contribution in [2.24, 2.45) is 0 Å². The second kappa shape index (κ2) is 9.45. The monoisotopic (exact) mass is 399 g/mol. The number of urea groups is 1. The zero-order valence-electron chi connectivity index (χ0n) is 16.1. The minimum atomic E-state index is -0.626. The summed E-state index contributed by atoms with van der Waals surface area (Å²) in [5.74, 6) is 0.682. The van der Waals surface area contributed by atoms with Crippen molar-refractivity contribution in [1.82, 2.24) is 15.2 Å². The Bertz CT molecular complexity index is 809. The first-order valence-electron chi connectivity index (χ1n) is 9.23. The van der Waals surface area contributed by atoms with Gasteiger partial charge in [0.2, 0.25) is 5.91 Å². The van der Waals surface area contributed by atoms with E-state index >= 15 is 0 Å². The van der Waals surface area contributed by atoms with Crippen LogP contribution in [-0.4, -0.2) is 60.3 Å². The number of carbonyl (C=O) groups excluding carboxylic acids is 2. The summed E-state index contributed by atoms with van der Waals surface area (Å²) in [6.45, 7) is 4.30. The quantitative estimate of drug-likeness (QED) is 0.756. The third-order valence-corrected chi connectivity index (χ3v) is 5.34. The van der Waals surface area contributed by atoms with E-state index in [-0.39, 0.29) is 11.9 Å². The van der Waals surface area contributed by atoms with Crippen LogP contribution in [0.25, 0.3) is 0 Å². The predicted molar refractivity (Wildman–Crippen MR) is 113 cm³/mol. The van der Waals surface area contributed by atoms with Gasteiger partial charge in [-0.25, -0.2) is 9.78 Å². The van der Waals surface area contributed by atoms with Crippen molar-refractivity contribution in [2.75, 3.05) is 42.7 Å². The van der Waals surface area contributed by atoms with Crippen LogP contribution in [0.4, 0.5) is 16.3 Å². The zero-order chi connectivity index (χ0) is 19.9. The molecule has 1 aliphatic heterocycles. The number of thioether (sulfide) groups is 1. The number of nitrogens with one attached hydrogen (secondary N) is 2. The van der Waals surface area contributed by atoms with E-state index in [0.29, 0.717) is 26.2 Å². The van der Waals surface area contributed by atoms with Gasteiger partial charge in [-0.2, -0.15) is 0 Å². The summed E-state index contributed by atoms with van der Waals surface area (Å²) in [5, 5.41) is 5.64. The Morgan fingerprint density at radius 3 is 2.57 bits per heavy atom. The molecular weight excluding hydrogens is 374 g/mol. The highest BCUT2D eigenvalue weighted by Gasteiger charge is 2.24. The van der Waals surface area contributed by atoms with Gasteiger partial charge in [-0.05, 0) is 43.5 Å². The number of carbonyl (C=O) groups is 2. The van der Waals surface area contributed by atoms with Crippen molar-refractivity contribution in [2.45, 2.75) is 17.9 Å². The molecule has 0 unspecified atom stereocenters. The largest absolute Gasteiger partial charge is 0.353 e. The number of aromatic nitrogens is 1. The third kappa shape index (κ3) is 5.16. The van der Waals surface area contributed by atoms with Crippen LogP contribution in [0.1, 0.15) is 6.92 Å². The van der Waals surface area contributed by atoms with Crippen molar-refractivity contribution in [3.05, 3.63) is 48.7 Å². The van der Waals surface area contributed by atoms with Gasteiger partial charge < -0.3 is 20.4 Å². The molecule has 2 heterocycles. The number of nitrogens with zero attached hydrogens (tertiary/aromatic N) is 3. The normalized spacial score (nSPS) is 15.1. The zero-order valence-corrected chi connectivity index (χ0v) is 16.9. The second-order valence-corrected chi connectivity index (χ2v) is 7.43. The van der Waals surface area contributed by atoms with Crippen LogP contribution in [0.15, 0.2) is 53.6 Å². The summed E-state index contributed by atoms with van der Waals surface area (Å²) in [5.41, 5.74) is 0.724. The lowest BCUT2D eigenvalue weighted by molar-refractivity contribution is -0.117. The van der Waals surface area contributed by atoms with Gasteiger partial charge in [-0.3, -0.25) is 4.79 Å². The maximum Gasteiger partial charge on any atom is 0.318 e. The van der Waals surface area contributed by atoms with E-state index < -0.39 is 6.04 Å². The first-order chi connectivity index (χ1) is 13.6. The van der Waals surface area contributed by atoms with Gasteiger partial charge in [-0.1, -0.05) is 12.1 Å². The number of amides is 3. The Kier molecular flexibility index (Phi) is 6.76. The number of hydrogen-bond acceptors (Lipinski definition) is 5. The fourth-order valence-electron chi connectivity index (χ4n) is 2.97. The molecular formula is C20H25N5O2S. The number of anilines is 2. The summed E-state index contributed by atoms with van der Waals surface area (Å²) >= 11 is 1.61. The maximum absolute atomic E-state index is 12.5. The van der Waals surface area contributed by atoms with Crippen molar-refractivity contribution < 1.29 is 9.59 Å². The molecule has 3 amide bonds. The Morgan fingerprint density at radius 2 is 1.89 bits per heavy atom. The average molecular weight is 400 g/mol. The van der Waals surface area contributed by atoms with E-state index in [1.165, 1.54) is 0 Å². The highest BCUT2D eigenvalue weighted by Crippen LogP contribution is 2.19. The molecule has 3 rings (SSSR count). The topological polar surface area (TPSA) is 77.6 Å². The van der Waals surface area contributed by atoms with Gasteiger partial charge >= 0.3 is 6.03 Å². The van der Waals surface area contributed by atoms with Crippen LogP contribution in [-0.2, 0) is 4.79 Å². The second-order valence-electron chi connectivity index (χ2n) is 6.55. The smallest absolute Gasteiger partial charge is 0.318 e. The molecule has 1 aromatic carbocycles. The summed E-state index contributed by atoms with van der Waals surface area (Å²) in [6, 6.07) is 12.6. The fourth-order valence-corrected chi connectivity index (χ4v) is 3.43. The van der Waals surface area contributed by atoms with Crippen molar-refractivity contribution >= 4 is 35.2 Å². The molecule has 28 heavy (non-hydrogen) atoms. The van der Waals surface area contributed by atoms with Crippen LogP contribution in [0.2, 0.25) is 0 Å². The Hall–Kier alpha value is -2.74. The Labute approximate surface area is 169 Å². The van der Waals surface area contributed by atoms with Crippen LogP contribution >= 0.6 is 11.8 Å². The van der Waals surface area contributed by atoms with Crippen molar-refractivity contribution in [3.8, 4) is 0 Å². The molecule has 1 atom stereocenters. The molecule has 1 saturated heterocycles. The van der Waals surface area contributed by atoms with Crippen LogP contribution in [0.3, 0.4) is 0 Å². The Morgan fingerprint density at radius 1 is 1.11 bits per heavy atom. The van der Waals surface area contributed by atoms with E-state index in [9.17, 15) is 9.59 Å². The van der Waals surface area contributed by atoms with E-state index in [0.717, 1.165) is 16.4 Å². The third-order valence-electron chi connectivity index (χ3n) is 4.61. The molecule has 0 saturated carbocycles. The van der Waals surface area contributed by atoms with Gasteiger partial charge in [0.25, 0.3) is 0 Å². The number of pyridine rings is 1. The SMILES string of the molecule is CSc1cccc(NC(=O)[C@H](C)NC(=O)N2CCN(c3ccccn3)CC2)c1. The molecule has 0 radical (unpaired) electrons. The minimum Gasteiger partial charge on any atom is -0.353 e. The van der Waals surface area contributed by atoms with Crippen LogP contribution < -0.4 is 15.5 Å². The van der Waals surface area contributed by atoms with Crippen molar-refractivity contribution in [1.29, 1.82) is 0 Å². The molecule has 1 aromatic heterocycles. The molecule has 0 bridgehead atoms. The molecule has 8 heteroatoms. The lowest BCUT2D eigenvalue weighted by atomic mass is 10.2. The summed E-state index contributed by atoms with van der Waals surface area (Å²) in [6.07, 6.45) is 3.75. The van der Waals surface area contributed by atoms with E-state index in [4.69, 9.17) is 0 Å². The number of benzene rings is 1. The fraction of sp³-hybridized carbons (Fsp3) is 0.350. The van der Waals surface area contributed by atoms with E-state index in [1.807, 2.05) is 48.7 Å². The average Bonchev–Trinajstić information content (AvgIpc) is 2.74. The molecule has 0 spiro atoms. The van der Waals surface area contributed by atoms with Gasteiger partial charge in [0.15, 0.2) is 0 Å². The van der Waals surface area contributed by atoms with E-state index in [1.54, 1.807) is 29.8 Å². The highest BCUT2D eigenvalue weighted by atomic mass is 32.2. The number of piperazine rings is 1. The summed E-state index contributed by atoms with van der Waals surface area (Å²) < 4.78 is 0. The first-order valence-corrected chi connectivity index (χ1v) is 10.5. The summed E-state index contributed by atoms with van der Waals surface area (Å²) in [7, 11) is 0. The first kappa shape index (κ1) is 20.0. The van der Waals surface area contributed by atoms with E-state index in [2.05, 4.69) is 20.5 Å². The molecule has 7 nitrogen and oxygen atoms in total. The van der Waals surface area contributed by atoms with Gasteiger partial charge in [0.1, 0.15) is 11.9 Å². The number of rotatable bonds is 5. The Balaban J connectivity index is 1.48. The molecule has 2 aromatic rings. The van der Waals surface area contributed by atoms with Gasteiger partial charge in [-0.15, -0.1) is 11.8 Å². The number of hydrogen-bond donors (Lipinski definition) is 2. The summed E-state index contributed by atoms with van der Waals surface area (Å²) in [4.78, 5) is 34.2. The standard InChI is InChI=1S/C20H25N5O2S/c1-15(19(26)23-16-6-5-7-17(14-16)28-2)22-20(27)25-12-10-24(11-13-25)18-8-3-4-9-21-18/h3-9,14-15H,10-13H2,1-2H3,(H,22,27)(H,23,26)/t15-/m0/s1. The molecule has 2 N–H and O–H groups in total. The van der Waals surface area contributed by atoms with Crippen molar-refractivity contribution in [3.63, 3.8) is 0 Å². The molecule has 1 fully saturated rings. The minimum absolute atomic E-state index is 0.221. The van der Waals surface area contributed by atoms with Crippen LogP contribution in [0, 0.1) is 0 Å². The maximum atomic E-state index is 12.5. The lowest BCUT2D eigenvalue weighted by Crippen LogP contribution is -2.54. The molecule has 148 valence electrons. The van der Waals surface area contributed by atoms with Crippen LogP contribution in [0.5, 0.6) is 0 Å². The molecule has 1 aliphatic rings. The van der Waals surface area contributed by atoms with Gasteiger partial charge in [0, 0.05) is 43.0 Å². The highest BCUT2D eigenvalue weighted by molar-refractivity contribution is 7.98. The predicted octanol–water partition coefficient (Wildman–Crippen LogP) is 2.66. The molecule has 0 aliphatic carbocycles. The lowest BCUT2D eigenvalue weighted by Gasteiger charge is -2.35. The van der Waals surface area contributed by atoms with Gasteiger partial charge in [0.05, 0.1) is 0 Å².